The van der Waals surface area contributed by atoms with Gasteiger partial charge in [-0.25, -0.2) is 4.39 Å². The Bertz CT molecular complexity index is 898. The van der Waals surface area contributed by atoms with Crippen LogP contribution in [0, 0.1) is 5.82 Å². The van der Waals surface area contributed by atoms with E-state index in [1.54, 1.807) is 19.2 Å². The molecule has 6 nitrogen and oxygen atoms in total. The summed E-state index contributed by atoms with van der Waals surface area (Å²) in [5.41, 5.74) is 1.68. The van der Waals surface area contributed by atoms with Gasteiger partial charge in [-0.2, -0.15) is 0 Å². The van der Waals surface area contributed by atoms with Crippen LogP contribution in [-0.2, 0) is 16.0 Å². The van der Waals surface area contributed by atoms with Crippen LogP contribution >= 0.6 is 0 Å². The van der Waals surface area contributed by atoms with Crippen LogP contribution in [0.1, 0.15) is 33.9 Å². The molecule has 7 heteroatoms. The second-order valence-corrected chi connectivity index (χ2v) is 6.43. The lowest BCUT2D eigenvalue weighted by molar-refractivity contribution is -0.141. The summed E-state index contributed by atoms with van der Waals surface area (Å²) in [5.74, 6) is -0.447. The summed E-state index contributed by atoms with van der Waals surface area (Å²) in [4.78, 5) is 26.6. The van der Waals surface area contributed by atoms with Crippen molar-refractivity contribution in [1.82, 2.24) is 4.90 Å². The van der Waals surface area contributed by atoms with E-state index in [0.29, 0.717) is 24.5 Å². The van der Waals surface area contributed by atoms with E-state index < -0.39 is 23.7 Å². The molecule has 1 unspecified atom stereocenters. The van der Waals surface area contributed by atoms with Crippen molar-refractivity contribution in [1.29, 1.82) is 0 Å². The topological polar surface area (TPSA) is 65.1 Å². The molecule has 0 saturated carbocycles. The fourth-order valence-electron chi connectivity index (χ4n) is 3.52. The maximum Gasteiger partial charge on any atom is 0.307 e. The monoisotopic (exact) mass is 387 g/mol. The van der Waals surface area contributed by atoms with E-state index in [4.69, 9.17) is 14.2 Å². The van der Waals surface area contributed by atoms with E-state index in [-0.39, 0.29) is 12.0 Å². The Labute approximate surface area is 162 Å². The van der Waals surface area contributed by atoms with Gasteiger partial charge in [-0.15, -0.1) is 0 Å². The molecule has 0 bridgehead atoms. The number of halogens is 1. The van der Waals surface area contributed by atoms with Crippen LogP contribution in [-0.4, -0.2) is 44.7 Å². The standard InChI is InChI=1S/C21H22FNO5/c1-26-18-10-13-8-9-23(21(25)14-6-4-5-7-16(14)22)17(12-20(24)28-3)15(13)11-19(18)27-2/h4-7,10-11,17H,8-9,12H2,1-3H3. The van der Waals surface area contributed by atoms with Gasteiger partial charge in [0.25, 0.3) is 5.91 Å². The molecule has 1 amide bonds. The average Bonchev–Trinajstić information content (AvgIpc) is 2.72. The number of amides is 1. The van der Waals surface area contributed by atoms with Crippen molar-refractivity contribution in [3.8, 4) is 11.5 Å². The van der Waals surface area contributed by atoms with Gasteiger partial charge in [0.15, 0.2) is 11.5 Å². The number of nitrogens with zero attached hydrogens (tertiary/aromatic N) is 1. The van der Waals surface area contributed by atoms with Gasteiger partial charge in [0.2, 0.25) is 0 Å². The maximum atomic E-state index is 14.2. The van der Waals surface area contributed by atoms with Crippen LogP contribution in [0.4, 0.5) is 4.39 Å². The Balaban J connectivity index is 2.06. The van der Waals surface area contributed by atoms with Gasteiger partial charge in [0.1, 0.15) is 5.82 Å². The van der Waals surface area contributed by atoms with Gasteiger partial charge in [-0.1, -0.05) is 12.1 Å². The summed E-state index contributed by atoms with van der Waals surface area (Å²) >= 11 is 0. The molecule has 1 heterocycles. The fourth-order valence-corrected chi connectivity index (χ4v) is 3.52. The van der Waals surface area contributed by atoms with E-state index in [0.717, 1.165) is 11.1 Å². The Kier molecular flexibility index (Phi) is 5.82. The summed E-state index contributed by atoms with van der Waals surface area (Å²) in [7, 11) is 4.36. The first-order valence-electron chi connectivity index (χ1n) is 8.87. The molecule has 0 N–H and O–H groups in total. The first-order chi connectivity index (χ1) is 13.5. The van der Waals surface area contributed by atoms with Crippen LogP contribution in [0.25, 0.3) is 0 Å². The highest BCUT2D eigenvalue weighted by molar-refractivity contribution is 5.95. The van der Waals surface area contributed by atoms with Gasteiger partial charge < -0.3 is 19.1 Å². The number of carbonyl (C=O) groups is 2. The molecule has 0 saturated heterocycles. The number of hydrogen-bond acceptors (Lipinski definition) is 5. The van der Waals surface area contributed by atoms with E-state index in [1.807, 2.05) is 6.07 Å². The van der Waals surface area contributed by atoms with Crippen molar-refractivity contribution in [3.05, 3.63) is 58.9 Å². The molecule has 0 radical (unpaired) electrons. The highest BCUT2D eigenvalue weighted by Crippen LogP contribution is 2.40. The number of hydrogen-bond donors (Lipinski definition) is 0. The summed E-state index contributed by atoms with van der Waals surface area (Å²) in [6.45, 7) is 0.345. The van der Waals surface area contributed by atoms with Crippen LogP contribution in [0.15, 0.2) is 36.4 Å². The minimum atomic E-state index is -0.595. The van der Waals surface area contributed by atoms with Crippen molar-refractivity contribution in [3.63, 3.8) is 0 Å². The highest BCUT2D eigenvalue weighted by atomic mass is 19.1. The lowest BCUT2D eigenvalue weighted by atomic mass is 9.89. The number of carbonyl (C=O) groups excluding carboxylic acids is 2. The lowest BCUT2D eigenvalue weighted by Crippen LogP contribution is -2.41. The van der Waals surface area contributed by atoms with Crippen molar-refractivity contribution in [2.45, 2.75) is 18.9 Å². The summed E-state index contributed by atoms with van der Waals surface area (Å²) in [5, 5.41) is 0. The Hall–Kier alpha value is -3.09. The molecule has 0 aliphatic carbocycles. The van der Waals surface area contributed by atoms with Crippen LogP contribution < -0.4 is 9.47 Å². The van der Waals surface area contributed by atoms with E-state index in [1.165, 1.54) is 37.3 Å². The lowest BCUT2D eigenvalue weighted by Gasteiger charge is -2.37. The number of methoxy groups -OCH3 is 3. The molecule has 0 aromatic heterocycles. The summed E-state index contributed by atoms with van der Waals surface area (Å²) < 4.78 is 29.7. The van der Waals surface area contributed by atoms with E-state index in [9.17, 15) is 14.0 Å². The molecule has 2 aromatic carbocycles. The molecule has 1 aliphatic heterocycles. The van der Waals surface area contributed by atoms with Crippen LogP contribution in [0.5, 0.6) is 11.5 Å². The van der Waals surface area contributed by atoms with Gasteiger partial charge in [-0.05, 0) is 41.8 Å². The minimum Gasteiger partial charge on any atom is -0.493 e. The normalized spacial score (nSPS) is 15.6. The second-order valence-electron chi connectivity index (χ2n) is 6.43. The van der Waals surface area contributed by atoms with Crippen molar-refractivity contribution >= 4 is 11.9 Å². The van der Waals surface area contributed by atoms with Crippen molar-refractivity contribution in [2.75, 3.05) is 27.9 Å². The molecule has 2 aromatic rings. The van der Waals surface area contributed by atoms with Crippen LogP contribution in [0.2, 0.25) is 0 Å². The van der Waals surface area contributed by atoms with E-state index in [2.05, 4.69) is 0 Å². The number of esters is 1. The number of benzene rings is 2. The Morgan fingerprint density at radius 1 is 1.11 bits per heavy atom. The average molecular weight is 387 g/mol. The predicted molar refractivity (Wildman–Crippen MR) is 100 cm³/mol. The minimum absolute atomic E-state index is 0.0266. The largest absolute Gasteiger partial charge is 0.493 e. The third-order valence-corrected chi connectivity index (χ3v) is 4.96. The molecule has 0 spiro atoms. The molecular weight excluding hydrogens is 365 g/mol. The third kappa shape index (κ3) is 3.65. The quantitative estimate of drug-likeness (QED) is 0.738. The van der Waals surface area contributed by atoms with E-state index >= 15 is 0 Å². The van der Waals surface area contributed by atoms with Gasteiger partial charge in [0, 0.05) is 6.54 Å². The molecule has 148 valence electrons. The molecule has 28 heavy (non-hydrogen) atoms. The van der Waals surface area contributed by atoms with Crippen LogP contribution in [0.3, 0.4) is 0 Å². The summed E-state index contributed by atoms with van der Waals surface area (Å²) in [6, 6.07) is 8.85. The Morgan fingerprint density at radius 3 is 2.43 bits per heavy atom. The summed E-state index contributed by atoms with van der Waals surface area (Å²) in [6.07, 6.45) is 0.507. The predicted octanol–water partition coefficient (Wildman–Crippen LogP) is 3.15. The van der Waals surface area contributed by atoms with Gasteiger partial charge in [0.05, 0.1) is 39.4 Å². The zero-order chi connectivity index (χ0) is 20.3. The van der Waals surface area contributed by atoms with Gasteiger partial charge >= 0.3 is 5.97 Å². The molecule has 1 aliphatic rings. The second kappa shape index (κ2) is 8.29. The Morgan fingerprint density at radius 2 is 1.79 bits per heavy atom. The fraction of sp³-hybridized carbons (Fsp3) is 0.333. The molecule has 3 rings (SSSR count). The van der Waals surface area contributed by atoms with Gasteiger partial charge in [-0.3, -0.25) is 9.59 Å². The zero-order valence-corrected chi connectivity index (χ0v) is 16.0. The first-order valence-corrected chi connectivity index (χ1v) is 8.87. The zero-order valence-electron chi connectivity index (χ0n) is 16.0. The molecule has 0 fully saturated rings. The SMILES string of the molecule is COC(=O)CC1c2cc(OC)c(OC)cc2CCN1C(=O)c1ccccc1F. The smallest absolute Gasteiger partial charge is 0.307 e. The molecular formula is C21H22FNO5. The third-order valence-electron chi connectivity index (χ3n) is 4.96. The highest BCUT2D eigenvalue weighted by Gasteiger charge is 2.35. The number of fused-ring (bicyclic) bond motifs is 1. The van der Waals surface area contributed by atoms with Crippen molar-refractivity contribution in [2.24, 2.45) is 0 Å². The maximum absolute atomic E-state index is 14.2. The van der Waals surface area contributed by atoms with Crippen molar-refractivity contribution < 1.29 is 28.2 Å². The first kappa shape index (κ1) is 19.7. The number of ether oxygens (including phenoxy) is 3. The number of rotatable bonds is 5. The molecule has 1 atom stereocenters.